The highest BCUT2D eigenvalue weighted by molar-refractivity contribution is 5.70. The summed E-state index contributed by atoms with van der Waals surface area (Å²) in [6.45, 7) is 0. The van der Waals surface area contributed by atoms with Gasteiger partial charge in [0.15, 0.2) is 0 Å². The van der Waals surface area contributed by atoms with Crippen LogP contribution in [0.5, 0.6) is 0 Å². The van der Waals surface area contributed by atoms with Crippen LogP contribution in [-0.4, -0.2) is 9.97 Å². The summed E-state index contributed by atoms with van der Waals surface area (Å²) in [5.41, 5.74) is 3.44. The summed E-state index contributed by atoms with van der Waals surface area (Å²) >= 11 is 0. The normalized spacial score (nSPS) is 29.2. The van der Waals surface area contributed by atoms with E-state index in [4.69, 9.17) is 4.98 Å². The molecule has 0 aliphatic heterocycles. The Morgan fingerprint density at radius 3 is 2.08 bits per heavy atom. The summed E-state index contributed by atoms with van der Waals surface area (Å²) in [6, 6.07) is 14.4. The number of benzene rings is 2. The zero-order valence-electron chi connectivity index (χ0n) is 20.7. The molecule has 4 saturated carbocycles. The summed E-state index contributed by atoms with van der Waals surface area (Å²) in [5, 5.41) is 9.34. The van der Waals surface area contributed by atoms with Gasteiger partial charge in [-0.25, -0.2) is 4.98 Å². The molecule has 2 aromatic carbocycles. The molecule has 1 aromatic heterocycles. The van der Waals surface area contributed by atoms with Gasteiger partial charge in [-0.2, -0.15) is 18.4 Å². The second-order valence-electron chi connectivity index (χ2n) is 11.8. The van der Waals surface area contributed by atoms with Crippen LogP contribution >= 0.6 is 0 Å². The number of allylic oxidation sites excluding steroid dienone is 1. The number of nitrogens with zero attached hydrogens (tertiary/aromatic N) is 2. The van der Waals surface area contributed by atoms with E-state index >= 15 is 0 Å². The quantitative estimate of drug-likeness (QED) is 0.407. The fraction of sp³-hybridized carbons (Fsp3) is 0.387. The van der Waals surface area contributed by atoms with Crippen molar-refractivity contribution >= 4 is 6.08 Å². The van der Waals surface area contributed by atoms with Crippen LogP contribution in [0, 0.1) is 34.5 Å². The average molecular weight is 514 g/mol. The lowest BCUT2D eigenvalue weighted by atomic mass is 9.47. The third-order valence-electron chi connectivity index (χ3n) is 9.38. The molecule has 1 unspecified atom stereocenters. The van der Waals surface area contributed by atoms with Crippen LogP contribution in [-0.2, 0) is 6.18 Å². The third kappa shape index (κ3) is 3.65. The van der Waals surface area contributed by atoms with Crippen molar-refractivity contribution in [3.05, 3.63) is 92.4 Å². The van der Waals surface area contributed by atoms with Crippen molar-refractivity contribution in [3.63, 3.8) is 0 Å². The van der Waals surface area contributed by atoms with Crippen molar-refractivity contribution in [1.29, 1.82) is 5.26 Å². The Labute approximate surface area is 218 Å². The number of aromatic amines is 1. The number of nitriles is 1. The Bertz CT molecular complexity index is 1520. The largest absolute Gasteiger partial charge is 0.416 e. The van der Waals surface area contributed by atoms with E-state index in [0.717, 1.165) is 54.7 Å². The molecule has 0 spiro atoms. The van der Waals surface area contributed by atoms with Crippen LogP contribution < -0.4 is 5.56 Å². The van der Waals surface area contributed by atoms with Crippen molar-refractivity contribution in [2.45, 2.75) is 50.6 Å². The Morgan fingerprint density at radius 2 is 1.53 bits per heavy atom. The maximum Gasteiger partial charge on any atom is 0.416 e. The fourth-order valence-electron chi connectivity index (χ4n) is 8.21. The van der Waals surface area contributed by atoms with Crippen LogP contribution in [0.1, 0.15) is 72.4 Å². The minimum atomic E-state index is -4.44. The summed E-state index contributed by atoms with van der Waals surface area (Å²) in [7, 11) is 0. The number of hydrogen-bond acceptors (Lipinski definition) is 3. The highest BCUT2D eigenvalue weighted by atomic mass is 19.4. The molecule has 3 aromatic rings. The Balaban J connectivity index is 1.36. The molecule has 8 rings (SSSR count). The van der Waals surface area contributed by atoms with Gasteiger partial charge in [0.05, 0.1) is 28.5 Å². The molecular weight excluding hydrogens is 487 g/mol. The monoisotopic (exact) mass is 513 g/mol. The van der Waals surface area contributed by atoms with E-state index in [1.165, 1.54) is 37.0 Å². The van der Waals surface area contributed by atoms with Gasteiger partial charge in [-0.1, -0.05) is 24.3 Å². The van der Waals surface area contributed by atoms with E-state index in [2.05, 4.69) is 17.1 Å². The first kappa shape index (κ1) is 23.5. The molecule has 0 amide bonds. The minimum absolute atomic E-state index is 0.0367. The minimum Gasteiger partial charge on any atom is -0.306 e. The third-order valence-corrected chi connectivity index (χ3v) is 9.38. The van der Waals surface area contributed by atoms with E-state index in [0.29, 0.717) is 22.4 Å². The first-order valence-corrected chi connectivity index (χ1v) is 13.3. The van der Waals surface area contributed by atoms with Gasteiger partial charge in [-0.15, -0.1) is 0 Å². The molecule has 5 aliphatic rings. The average Bonchev–Trinajstić information content (AvgIpc) is 3.29. The molecule has 1 heterocycles. The van der Waals surface area contributed by atoms with Gasteiger partial charge >= 0.3 is 6.18 Å². The number of aromatic nitrogens is 2. The van der Waals surface area contributed by atoms with E-state index in [-0.39, 0.29) is 22.7 Å². The van der Waals surface area contributed by atoms with E-state index in [1.54, 1.807) is 12.1 Å². The molecule has 0 saturated heterocycles. The van der Waals surface area contributed by atoms with Crippen LogP contribution in [0.2, 0.25) is 0 Å². The molecule has 1 N–H and O–H groups in total. The van der Waals surface area contributed by atoms with Crippen molar-refractivity contribution in [3.8, 4) is 17.5 Å². The van der Waals surface area contributed by atoms with Gasteiger partial charge in [0, 0.05) is 11.5 Å². The standard InChI is InChI=1S/C31H26F3N3O/c32-31(33,34)23-7-5-22(6-8-23)28-36-27-24(29(38)37-28)12-25(26(27)21-3-1-17(16-35)2-4-21)30-13-18-9-19(14-30)11-20(10-18)15-30/h1-8,12,18-20,26H,9-11,13-15H2,(H,36,37,38). The molecule has 4 fully saturated rings. The highest BCUT2D eigenvalue weighted by Gasteiger charge is 2.55. The zero-order chi connectivity index (χ0) is 26.2. The number of halogens is 3. The number of hydrogen-bond donors (Lipinski definition) is 1. The van der Waals surface area contributed by atoms with Crippen LogP contribution in [0.15, 0.2) is 58.9 Å². The predicted molar refractivity (Wildman–Crippen MR) is 137 cm³/mol. The predicted octanol–water partition coefficient (Wildman–Crippen LogP) is 7.07. The number of rotatable bonds is 3. The van der Waals surface area contributed by atoms with E-state index < -0.39 is 11.7 Å². The van der Waals surface area contributed by atoms with Crippen molar-refractivity contribution < 1.29 is 13.2 Å². The maximum atomic E-state index is 13.4. The zero-order valence-corrected chi connectivity index (χ0v) is 20.7. The maximum absolute atomic E-state index is 13.4. The number of fused-ring (bicyclic) bond motifs is 1. The lowest BCUT2D eigenvalue weighted by Gasteiger charge is -2.58. The Morgan fingerprint density at radius 1 is 0.921 bits per heavy atom. The molecule has 1 atom stereocenters. The second kappa shape index (κ2) is 8.17. The topological polar surface area (TPSA) is 69.5 Å². The van der Waals surface area contributed by atoms with Gasteiger partial charge in [-0.3, -0.25) is 4.79 Å². The number of H-pyrrole nitrogens is 1. The lowest BCUT2D eigenvalue weighted by molar-refractivity contribution is -0.137. The lowest BCUT2D eigenvalue weighted by Crippen LogP contribution is -2.47. The first-order valence-electron chi connectivity index (χ1n) is 13.3. The molecule has 4 nitrogen and oxygen atoms in total. The van der Waals surface area contributed by atoms with E-state index in [1.807, 2.05) is 12.1 Å². The molecule has 7 heteroatoms. The van der Waals surface area contributed by atoms with Crippen molar-refractivity contribution in [1.82, 2.24) is 9.97 Å². The van der Waals surface area contributed by atoms with Crippen LogP contribution in [0.3, 0.4) is 0 Å². The smallest absolute Gasteiger partial charge is 0.306 e. The second-order valence-corrected chi connectivity index (χ2v) is 11.8. The van der Waals surface area contributed by atoms with Gasteiger partial charge in [0.25, 0.3) is 5.56 Å². The fourth-order valence-corrected chi connectivity index (χ4v) is 8.21. The number of alkyl halides is 3. The molecule has 192 valence electrons. The SMILES string of the molecule is N#Cc1ccc(C2C(C34CC5CC(CC(C5)C3)C4)=Cc3c2nc(-c2ccc(C(F)(F)F)cc2)[nH]c3=O)cc1. The summed E-state index contributed by atoms with van der Waals surface area (Å²) in [5.74, 6) is 2.22. The molecule has 0 radical (unpaired) electrons. The Kier molecular flexibility index (Phi) is 5.04. The molecule has 5 aliphatic carbocycles. The van der Waals surface area contributed by atoms with Crippen molar-refractivity contribution in [2.75, 3.05) is 0 Å². The van der Waals surface area contributed by atoms with Gasteiger partial charge in [0.2, 0.25) is 0 Å². The van der Waals surface area contributed by atoms with Gasteiger partial charge < -0.3 is 4.98 Å². The van der Waals surface area contributed by atoms with Crippen LogP contribution in [0.4, 0.5) is 13.2 Å². The molecule has 4 bridgehead atoms. The van der Waals surface area contributed by atoms with Gasteiger partial charge in [0.1, 0.15) is 5.82 Å². The Hall–Kier alpha value is -3.66. The first-order chi connectivity index (χ1) is 18.2. The van der Waals surface area contributed by atoms with Gasteiger partial charge in [-0.05, 0) is 103 Å². The molecule has 38 heavy (non-hydrogen) atoms. The van der Waals surface area contributed by atoms with Crippen LogP contribution in [0.25, 0.3) is 17.5 Å². The molecular formula is C31H26F3N3O. The summed E-state index contributed by atoms with van der Waals surface area (Å²) in [4.78, 5) is 21.1. The van der Waals surface area contributed by atoms with Crippen molar-refractivity contribution in [2.24, 2.45) is 23.2 Å². The van der Waals surface area contributed by atoms with E-state index in [9.17, 15) is 23.2 Å². The summed E-state index contributed by atoms with van der Waals surface area (Å²) in [6.07, 6.45) is 4.94. The highest BCUT2D eigenvalue weighted by Crippen LogP contribution is 2.66. The number of nitrogens with one attached hydrogen (secondary N) is 1. The summed E-state index contributed by atoms with van der Waals surface area (Å²) < 4.78 is 39.3.